The molecule has 0 spiro atoms. The Morgan fingerprint density at radius 2 is 1.39 bits per heavy atom. The third-order valence-corrected chi connectivity index (χ3v) is 8.19. The molecule has 0 saturated heterocycles. The number of carbonyl (C=O) groups is 2. The number of anilines is 3. The van der Waals surface area contributed by atoms with Gasteiger partial charge in [0.15, 0.2) is 0 Å². The van der Waals surface area contributed by atoms with Crippen LogP contribution in [-0.2, 0) is 15.4 Å². The molecule has 0 aliphatic carbocycles. The zero-order valence-corrected chi connectivity index (χ0v) is 23.0. The number of hydrogen-bond donors (Lipinski definition) is 3. The molecule has 0 aliphatic rings. The summed E-state index contributed by atoms with van der Waals surface area (Å²) in [6.07, 6.45) is 0. The predicted molar refractivity (Wildman–Crippen MR) is 150 cm³/mol. The molecule has 196 valence electrons. The molecule has 0 atom stereocenters. The fourth-order valence-corrected chi connectivity index (χ4v) is 5.40. The summed E-state index contributed by atoms with van der Waals surface area (Å²) in [5.41, 5.74) is 2.50. The maximum absolute atomic E-state index is 12.9. The summed E-state index contributed by atoms with van der Waals surface area (Å²) in [7, 11) is -4.10. The highest BCUT2D eigenvalue weighted by atomic mass is 35.5. The SMILES string of the molecule is CC(C)(C)c1ccc(C(=O)Nc2cccc(NS(=O)(=O)c3nnc(NC(=O)c4ccc(Cl)cc4)s3)c2)cc1. The molecule has 0 aliphatic heterocycles. The van der Waals surface area contributed by atoms with Crippen LogP contribution < -0.4 is 15.4 Å². The third kappa shape index (κ3) is 6.74. The van der Waals surface area contributed by atoms with Crippen molar-refractivity contribution < 1.29 is 18.0 Å². The zero-order valence-electron chi connectivity index (χ0n) is 20.7. The lowest BCUT2D eigenvalue weighted by Crippen LogP contribution is -2.15. The van der Waals surface area contributed by atoms with Crippen LogP contribution in [0, 0.1) is 0 Å². The van der Waals surface area contributed by atoms with Gasteiger partial charge in [0.2, 0.25) is 5.13 Å². The van der Waals surface area contributed by atoms with Gasteiger partial charge in [-0.15, -0.1) is 10.2 Å². The number of nitrogens with one attached hydrogen (secondary N) is 3. The zero-order chi connectivity index (χ0) is 27.5. The van der Waals surface area contributed by atoms with Crippen molar-refractivity contribution in [1.82, 2.24) is 10.2 Å². The quantitative estimate of drug-likeness (QED) is 0.241. The fraction of sp³-hybridized carbons (Fsp3) is 0.154. The first-order valence-electron chi connectivity index (χ1n) is 11.4. The lowest BCUT2D eigenvalue weighted by Gasteiger charge is -2.19. The number of sulfonamides is 1. The van der Waals surface area contributed by atoms with Crippen molar-refractivity contribution in [2.24, 2.45) is 0 Å². The molecule has 0 unspecified atom stereocenters. The van der Waals surface area contributed by atoms with E-state index in [-0.39, 0.29) is 26.5 Å². The lowest BCUT2D eigenvalue weighted by molar-refractivity contribution is 0.101. The standard InChI is InChI=1S/C26H24ClN5O4S2/c1-26(2,3)18-11-7-16(8-12-18)22(33)28-20-5-4-6-21(15-20)32-38(35,36)25-31-30-24(37-25)29-23(34)17-9-13-19(27)14-10-17/h4-15,32H,1-3H3,(H,28,33)(H,29,30,34). The van der Waals surface area contributed by atoms with Crippen molar-refractivity contribution in [1.29, 1.82) is 0 Å². The van der Waals surface area contributed by atoms with E-state index < -0.39 is 15.9 Å². The number of benzene rings is 3. The summed E-state index contributed by atoms with van der Waals surface area (Å²) >= 11 is 6.53. The van der Waals surface area contributed by atoms with Crippen molar-refractivity contribution in [2.75, 3.05) is 15.4 Å². The topological polar surface area (TPSA) is 130 Å². The minimum Gasteiger partial charge on any atom is -0.322 e. The van der Waals surface area contributed by atoms with Crippen LogP contribution in [-0.4, -0.2) is 30.4 Å². The number of carbonyl (C=O) groups excluding carboxylic acids is 2. The maximum Gasteiger partial charge on any atom is 0.291 e. The molecule has 0 saturated carbocycles. The first-order chi connectivity index (χ1) is 17.9. The summed E-state index contributed by atoms with van der Waals surface area (Å²) in [4.78, 5) is 25.0. The van der Waals surface area contributed by atoms with Crippen molar-refractivity contribution in [3.05, 3.63) is 94.5 Å². The first-order valence-corrected chi connectivity index (χ1v) is 14.0. The van der Waals surface area contributed by atoms with E-state index in [0.29, 0.717) is 33.2 Å². The van der Waals surface area contributed by atoms with E-state index in [1.165, 1.54) is 24.3 Å². The highest BCUT2D eigenvalue weighted by molar-refractivity contribution is 7.94. The molecule has 0 bridgehead atoms. The fourth-order valence-electron chi connectivity index (χ4n) is 3.32. The van der Waals surface area contributed by atoms with Gasteiger partial charge in [-0.1, -0.05) is 61.9 Å². The van der Waals surface area contributed by atoms with Crippen LogP contribution in [0.5, 0.6) is 0 Å². The molecule has 0 radical (unpaired) electrons. The minimum atomic E-state index is -4.10. The molecule has 1 heterocycles. The first kappa shape index (κ1) is 27.2. The van der Waals surface area contributed by atoms with Crippen LogP contribution in [0.25, 0.3) is 0 Å². The molecule has 12 heteroatoms. The number of nitrogens with zero attached hydrogens (tertiary/aromatic N) is 2. The predicted octanol–water partition coefficient (Wildman–Crippen LogP) is 5.79. The second-order valence-electron chi connectivity index (χ2n) is 9.30. The van der Waals surface area contributed by atoms with E-state index in [9.17, 15) is 18.0 Å². The molecular weight excluding hydrogens is 546 g/mol. The number of aromatic nitrogens is 2. The van der Waals surface area contributed by atoms with Gasteiger partial charge >= 0.3 is 0 Å². The molecule has 1 aromatic heterocycles. The molecule has 4 rings (SSSR count). The Morgan fingerprint density at radius 3 is 2.03 bits per heavy atom. The van der Waals surface area contributed by atoms with Crippen molar-refractivity contribution in [3.63, 3.8) is 0 Å². The van der Waals surface area contributed by atoms with Gasteiger partial charge in [-0.2, -0.15) is 8.42 Å². The highest BCUT2D eigenvalue weighted by Gasteiger charge is 2.22. The van der Waals surface area contributed by atoms with Gasteiger partial charge in [0.25, 0.3) is 26.2 Å². The Balaban J connectivity index is 1.42. The highest BCUT2D eigenvalue weighted by Crippen LogP contribution is 2.25. The Hall–Kier alpha value is -3.80. The average molecular weight is 570 g/mol. The summed E-state index contributed by atoms with van der Waals surface area (Å²) < 4.78 is 27.8. The number of amides is 2. The van der Waals surface area contributed by atoms with Gasteiger partial charge in [-0.25, -0.2) is 0 Å². The largest absolute Gasteiger partial charge is 0.322 e. The third-order valence-electron chi connectivity index (χ3n) is 5.35. The molecule has 2 amide bonds. The molecule has 4 aromatic rings. The number of hydrogen-bond acceptors (Lipinski definition) is 7. The summed E-state index contributed by atoms with van der Waals surface area (Å²) in [6.45, 7) is 6.28. The smallest absolute Gasteiger partial charge is 0.291 e. The van der Waals surface area contributed by atoms with Gasteiger partial charge in [0.05, 0.1) is 5.69 Å². The van der Waals surface area contributed by atoms with Crippen LogP contribution >= 0.6 is 22.9 Å². The van der Waals surface area contributed by atoms with Crippen LogP contribution in [0.15, 0.2) is 77.1 Å². The van der Waals surface area contributed by atoms with E-state index in [1.807, 2.05) is 12.1 Å². The number of rotatable bonds is 7. The Bertz CT molecular complexity index is 1580. The molecular formula is C26H24ClN5O4S2. The summed E-state index contributed by atoms with van der Waals surface area (Å²) in [5.74, 6) is -0.804. The molecule has 0 fully saturated rings. The molecule has 3 N–H and O–H groups in total. The van der Waals surface area contributed by atoms with Gasteiger partial charge in [0, 0.05) is 21.8 Å². The van der Waals surface area contributed by atoms with Crippen LogP contribution in [0.4, 0.5) is 16.5 Å². The number of halogens is 1. The molecule has 38 heavy (non-hydrogen) atoms. The average Bonchev–Trinajstić information content (AvgIpc) is 3.33. The molecule has 3 aromatic carbocycles. The van der Waals surface area contributed by atoms with Crippen molar-refractivity contribution in [2.45, 2.75) is 30.5 Å². The normalized spacial score (nSPS) is 11.6. The van der Waals surface area contributed by atoms with Crippen LogP contribution in [0.1, 0.15) is 47.1 Å². The van der Waals surface area contributed by atoms with Crippen molar-refractivity contribution >= 4 is 61.3 Å². The Labute approximate surface area is 229 Å². The second kappa shape index (κ2) is 10.9. The van der Waals surface area contributed by atoms with E-state index in [1.54, 1.807) is 36.4 Å². The van der Waals surface area contributed by atoms with E-state index in [2.05, 4.69) is 46.3 Å². The summed E-state index contributed by atoms with van der Waals surface area (Å²) in [6, 6.07) is 19.8. The minimum absolute atomic E-state index is 0.0174. The van der Waals surface area contributed by atoms with Crippen molar-refractivity contribution in [3.8, 4) is 0 Å². The van der Waals surface area contributed by atoms with Gasteiger partial charge in [-0.05, 0) is 65.6 Å². The van der Waals surface area contributed by atoms with Gasteiger partial charge in [0.1, 0.15) is 0 Å². The van der Waals surface area contributed by atoms with Crippen LogP contribution in [0.3, 0.4) is 0 Å². The van der Waals surface area contributed by atoms with E-state index in [0.717, 1.165) is 5.56 Å². The van der Waals surface area contributed by atoms with Gasteiger partial charge in [-0.3, -0.25) is 19.6 Å². The Morgan fingerprint density at radius 1 is 0.816 bits per heavy atom. The van der Waals surface area contributed by atoms with Crippen LogP contribution in [0.2, 0.25) is 5.02 Å². The second-order valence-corrected chi connectivity index (χ2v) is 12.6. The Kier molecular flexibility index (Phi) is 7.81. The van der Waals surface area contributed by atoms with E-state index >= 15 is 0 Å². The monoisotopic (exact) mass is 569 g/mol. The lowest BCUT2D eigenvalue weighted by atomic mass is 9.87. The molecule has 9 nitrogen and oxygen atoms in total. The van der Waals surface area contributed by atoms with E-state index in [4.69, 9.17) is 11.6 Å². The van der Waals surface area contributed by atoms with Gasteiger partial charge < -0.3 is 5.32 Å². The maximum atomic E-state index is 12.9. The summed E-state index contributed by atoms with van der Waals surface area (Å²) in [5, 5.41) is 13.2.